The number of amides is 2. The van der Waals surface area contributed by atoms with Gasteiger partial charge in [0.1, 0.15) is 11.6 Å². The van der Waals surface area contributed by atoms with E-state index in [0.29, 0.717) is 5.92 Å². The maximum atomic E-state index is 13.2. The van der Waals surface area contributed by atoms with Gasteiger partial charge >= 0.3 is 0 Å². The minimum Gasteiger partial charge on any atom is -0.340 e. The molecule has 118 valence electrons. The third-order valence-corrected chi connectivity index (χ3v) is 5.79. The molecule has 0 aromatic carbocycles. The van der Waals surface area contributed by atoms with Crippen molar-refractivity contribution in [2.45, 2.75) is 89.3 Å². The molecule has 1 heterocycles. The van der Waals surface area contributed by atoms with Gasteiger partial charge in [-0.2, -0.15) is 0 Å². The Morgan fingerprint density at radius 1 is 1.19 bits per heavy atom. The van der Waals surface area contributed by atoms with Crippen LogP contribution in [0.4, 0.5) is 0 Å². The molecule has 0 bridgehead atoms. The Morgan fingerprint density at radius 2 is 1.90 bits per heavy atom. The maximum Gasteiger partial charge on any atom is 0.249 e. The summed E-state index contributed by atoms with van der Waals surface area (Å²) in [5.74, 6) is 0.960. The summed E-state index contributed by atoms with van der Waals surface area (Å²) in [5, 5.41) is 3.09. The molecule has 2 amide bonds. The monoisotopic (exact) mass is 292 g/mol. The Kier molecular flexibility index (Phi) is 3.98. The van der Waals surface area contributed by atoms with Crippen molar-refractivity contribution in [1.82, 2.24) is 10.2 Å². The van der Waals surface area contributed by atoms with E-state index in [0.717, 1.165) is 44.9 Å². The van der Waals surface area contributed by atoms with Gasteiger partial charge in [-0.1, -0.05) is 39.5 Å². The first-order chi connectivity index (χ1) is 10.1. The third-order valence-electron chi connectivity index (χ3n) is 5.79. The van der Waals surface area contributed by atoms with Gasteiger partial charge in [-0.15, -0.1) is 0 Å². The summed E-state index contributed by atoms with van der Waals surface area (Å²) >= 11 is 0. The minimum atomic E-state index is -0.566. The number of carbonyl (C=O) groups excluding carboxylic acids is 2. The normalized spacial score (nSPS) is 36.1. The molecule has 2 saturated carbocycles. The molecule has 1 aliphatic heterocycles. The average Bonchev–Trinajstić information content (AvgIpc) is 2.92. The lowest BCUT2D eigenvalue weighted by atomic mass is 9.82. The zero-order chi connectivity index (χ0) is 15.0. The van der Waals surface area contributed by atoms with E-state index >= 15 is 0 Å². The van der Waals surface area contributed by atoms with Crippen molar-refractivity contribution < 1.29 is 9.59 Å². The molecular weight excluding hydrogens is 264 g/mol. The molecule has 3 atom stereocenters. The number of hydrogen-bond acceptors (Lipinski definition) is 2. The van der Waals surface area contributed by atoms with E-state index in [1.807, 2.05) is 11.8 Å². The van der Waals surface area contributed by atoms with Crippen LogP contribution in [0, 0.1) is 5.92 Å². The van der Waals surface area contributed by atoms with Gasteiger partial charge in [0.15, 0.2) is 0 Å². The van der Waals surface area contributed by atoms with Crippen LogP contribution in [0.3, 0.4) is 0 Å². The molecule has 2 aliphatic carbocycles. The summed E-state index contributed by atoms with van der Waals surface area (Å²) in [6.45, 7) is 4.29. The van der Waals surface area contributed by atoms with Crippen molar-refractivity contribution in [2.24, 2.45) is 5.92 Å². The van der Waals surface area contributed by atoms with Crippen molar-refractivity contribution in [2.75, 3.05) is 0 Å². The van der Waals surface area contributed by atoms with Gasteiger partial charge in [-0.25, -0.2) is 0 Å². The lowest BCUT2D eigenvalue weighted by Crippen LogP contribution is -2.71. The number of nitrogens with one attached hydrogen (secondary N) is 1. The van der Waals surface area contributed by atoms with Gasteiger partial charge in [0, 0.05) is 6.04 Å². The molecule has 4 heteroatoms. The Balaban J connectivity index is 1.89. The summed E-state index contributed by atoms with van der Waals surface area (Å²) in [4.78, 5) is 27.7. The van der Waals surface area contributed by atoms with Crippen LogP contribution in [0.5, 0.6) is 0 Å². The van der Waals surface area contributed by atoms with Crippen molar-refractivity contribution in [3.05, 3.63) is 0 Å². The first kappa shape index (κ1) is 14.9. The second kappa shape index (κ2) is 5.62. The van der Waals surface area contributed by atoms with Crippen LogP contribution in [-0.4, -0.2) is 34.3 Å². The Bertz CT molecular complexity index is 429. The van der Waals surface area contributed by atoms with Crippen molar-refractivity contribution in [3.63, 3.8) is 0 Å². The van der Waals surface area contributed by atoms with E-state index in [2.05, 4.69) is 12.2 Å². The van der Waals surface area contributed by atoms with Gasteiger partial charge in [-0.3, -0.25) is 9.59 Å². The Morgan fingerprint density at radius 3 is 2.52 bits per heavy atom. The van der Waals surface area contributed by atoms with Crippen LogP contribution in [0.15, 0.2) is 0 Å². The van der Waals surface area contributed by atoms with Crippen molar-refractivity contribution in [1.29, 1.82) is 0 Å². The fourth-order valence-electron chi connectivity index (χ4n) is 4.66. The van der Waals surface area contributed by atoms with Gasteiger partial charge in [0.05, 0.1) is 0 Å². The molecule has 4 nitrogen and oxygen atoms in total. The predicted octanol–water partition coefficient (Wildman–Crippen LogP) is 2.61. The molecule has 0 aromatic rings. The number of rotatable bonds is 2. The Labute approximate surface area is 127 Å². The first-order valence-electron chi connectivity index (χ1n) is 8.72. The summed E-state index contributed by atoms with van der Waals surface area (Å²) in [5.41, 5.74) is -0.566. The van der Waals surface area contributed by atoms with Crippen LogP contribution >= 0.6 is 0 Å². The van der Waals surface area contributed by atoms with Crippen molar-refractivity contribution in [3.8, 4) is 0 Å². The fourth-order valence-corrected chi connectivity index (χ4v) is 4.66. The molecule has 3 rings (SSSR count). The Hall–Kier alpha value is -1.06. The quantitative estimate of drug-likeness (QED) is 0.850. The SMILES string of the molecule is CCC1C(=O)NC2(CCCC2)C(=O)N1C1CCCC(C)C1. The van der Waals surface area contributed by atoms with E-state index in [-0.39, 0.29) is 23.9 Å². The molecule has 21 heavy (non-hydrogen) atoms. The molecule has 3 aliphatic rings. The van der Waals surface area contributed by atoms with Crippen LogP contribution in [0.2, 0.25) is 0 Å². The zero-order valence-electron chi connectivity index (χ0n) is 13.4. The molecule has 3 unspecified atom stereocenters. The topological polar surface area (TPSA) is 49.4 Å². The molecule has 0 radical (unpaired) electrons. The zero-order valence-corrected chi connectivity index (χ0v) is 13.4. The number of hydrogen-bond donors (Lipinski definition) is 1. The summed E-state index contributed by atoms with van der Waals surface area (Å²) in [6.07, 6.45) is 9.04. The second-order valence-corrected chi connectivity index (χ2v) is 7.34. The summed E-state index contributed by atoms with van der Waals surface area (Å²) < 4.78 is 0. The van der Waals surface area contributed by atoms with Crippen LogP contribution < -0.4 is 5.32 Å². The highest BCUT2D eigenvalue weighted by atomic mass is 16.2. The van der Waals surface area contributed by atoms with E-state index in [1.54, 1.807) is 0 Å². The van der Waals surface area contributed by atoms with Gasteiger partial charge in [0.2, 0.25) is 11.8 Å². The lowest BCUT2D eigenvalue weighted by molar-refractivity contribution is -0.159. The van der Waals surface area contributed by atoms with Gasteiger partial charge in [-0.05, 0) is 38.0 Å². The van der Waals surface area contributed by atoms with Gasteiger partial charge < -0.3 is 10.2 Å². The largest absolute Gasteiger partial charge is 0.340 e. The average molecular weight is 292 g/mol. The van der Waals surface area contributed by atoms with Crippen molar-refractivity contribution >= 4 is 11.8 Å². The number of carbonyl (C=O) groups is 2. The van der Waals surface area contributed by atoms with E-state index < -0.39 is 5.54 Å². The fraction of sp³-hybridized carbons (Fsp3) is 0.882. The molecule has 1 N–H and O–H groups in total. The highest BCUT2D eigenvalue weighted by Gasteiger charge is 2.53. The minimum absolute atomic E-state index is 0.0808. The van der Waals surface area contributed by atoms with E-state index in [4.69, 9.17) is 0 Å². The van der Waals surface area contributed by atoms with E-state index in [9.17, 15) is 9.59 Å². The number of nitrogens with zero attached hydrogens (tertiary/aromatic N) is 1. The first-order valence-corrected chi connectivity index (χ1v) is 8.72. The lowest BCUT2D eigenvalue weighted by Gasteiger charge is -2.49. The predicted molar refractivity (Wildman–Crippen MR) is 81.7 cm³/mol. The molecule has 1 saturated heterocycles. The van der Waals surface area contributed by atoms with Crippen LogP contribution in [0.1, 0.15) is 71.6 Å². The maximum absolute atomic E-state index is 13.2. The smallest absolute Gasteiger partial charge is 0.249 e. The highest BCUT2D eigenvalue weighted by Crippen LogP contribution is 2.38. The summed E-state index contributed by atoms with van der Waals surface area (Å²) in [7, 11) is 0. The standard InChI is InChI=1S/C17H28N2O2/c1-3-14-15(20)18-17(9-4-5-10-17)16(21)19(14)13-8-6-7-12(2)11-13/h12-14H,3-11H2,1-2H3,(H,18,20). The van der Waals surface area contributed by atoms with Gasteiger partial charge in [0.25, 0.3) is 0 Å². The van der Waals surface area contributed by atoms with Crippen LogP contribution in [-0.2, 0) is 9.59 Å². The third kappa shape index (κ3) is 2.47. The number of piperazine rings is 1. The summed E-state index contributed by atoms with van der Waals surface area (Å²) in [6, 6.07) is 0.0220. The highest BCUT2D eigenvalue weighted by molar-refractivity contribution is 6.00. The molecular formula is C17H28N2O2. The molecule has 1 spiro atoms. The molecule has 0 aromatic heterocycles. The molecule has 3 fully saturated rings. The van der Waals surface area contributed by atoms with Crippen LogP contribution in [0.25, 0.3) is 0 Å². The second-order valence-electron chi connectivity index (χ2n) is 7.34. The van der Waals surface area contributed by atoms with E-state index in [1.165, 1.54) is 12.8 Å².